The number of hydrogen-bond donors (Lipinski definition) is 1. The highest BCUT2D eigenvalue weighted by Crippen LogP contribution is 2.28. The van der Waals surface area contributed by atoms with Crippen molar-refractivity contribution in [3.63, 3.8) is 0 Å². The topological polar surface area (TPSA) is 42.2 Å². The molecule has 0 unspecified atom stereocenters. The summed E-state index contributed by atoms with van der Waals surface area (Å²) in [6, 6.07) is 0. The van der Waals surface area contributed by atoms with Crippen LogP contribution in [0.2, 0.25) is 0 Å². The summed E-state index contributed by atoms with van der Waals surface area (Å²) >= 11 is 1.74. The second kappa shape index (κ2) is 3.82. The van der Waals surface area contributed by atoms with E-state index in [4.69, 9.17) is 0 Å². The zero-order valence-electron chi connectivity index (χ0n) is 9.66. The Morgan fingerprint density at radius 2 is 2.00 bits per heavy atom. The summed E-state index contributed by atoms with van der Waals surface area (Å²) in [6.45, 7) is 6.51. The number of fused-ring (bicyclic) bond motifs is 1. The molecule has 2 aromatic rings. The Morgan fingerprint density at radius 1 is 1.25 bits per heavy atom. The van der Waals surface area contributed by atoms with E-state index >= 15 is 0 Å². The number of nitrogens with zero attached hydrogens (tertiary/aromatic N) is 3. The molecule has 3 heterocycles. The Hall–Kier alpha value is -0.940. The molecule has 1 aliphatic rings. The van der Waals surface area contributed by atoms with Crippen molar-refractivity contribution in [2.24, 2.45) is 0 Å². The number of piperidine rings is 1. The van der Waals surface area contributed by atoms with E-state index in [-0.39, 0.29) is 0 Å². The van der Waals surface area contributed by atoms with Crippen LogP contribution in [0.25, 0.3) is 4.96 Å². The molecule has 0 aromatic carbocycles. The van der Waals surface area contributed by atoms with Crippen molar-refractivity contribution in [3.8, 4) is 0 Å². The monoisotopic (exact) mass is 236 g/mol. The molecule has 1 aliphatic heterocycles. The van der Waals surface area contributed by atoms with Gasteiger partial charge in [-0.25, -0.2) is 0 Å². The first-order valence-corrected chi connectivity index (χ1v) is 6.61. The molecule has 0 saturated carbocycles. The van der Waals surface area contributed by atoms with Gasteiger partial charge < -0.3 is 5.32 Å². The third kappa shape index (κ3) is 1.46. The minimum atomic E-state index is 0.573. The second-order valence-corrected chi connectivity index (χ2v) is 5.63. The van der Waals surface area contributed by atoms with Gasteiger partial charge in [0.25, 0.3) is 0 Å². The van der Waals surface area contributed by atoms with Crippen molar-refractivity contribution < 1.29 is 0 Å². The van der Waals surface area contributed by atoms with Crippen LogP contribution in [0.5, 0.6) is 0 Å². The lowest BCUT2D eigenvalue weighted by Crippen LogP contribution is -2.27. The molecule has 0 bridgehead atoms. The summed E-state index contributed by atoms with van der Waals surface area (Å²) in [4.78, 5) is 2.39. The van der Waals surface area contributed by atoms with Crippen LogP contribution in [0.4, 0.5) is 0 Å². The van der Waals surface area contributed by atoms with Gasteiger partial charge in [0.2, 0.25) is 4.96 Å². The number of rotatable bonds is 1. The Labute approximate surface area is 98.7 Å². The zero-order valence-corrected chi connectivity index (χ0v) is 10.5. The summed E-state index contributed by atoms with van der Waals surface area (Å²) in [5.74, 6) is 1.74. The van der Waals surface area contributed by atoms with E-state index in [1.807, 2.05) is 0 Å². The van der Waals surface area contributed by atoms with Crippen LogP contribution in [0.15, 0.2) is 0 Å². The van der Waals surface area contributed by atoms with E-state index in [0.29, 0.717) is 5.92 Å². The Balaban J connectivity index is 2.08. The van der Waals surface area contributed by atoms with Crippen LogP contribution in [0.1, 0.15) is 35.2 Å². The summed E-state index contributed by atoms with van der Waals surface area (Å²) < 4.78 is 2.25. The van der Waals surface area contributed by atoms with Crippen molar-refractivity contribution >= 4 is 16.3 Å². The SMILES string of the molecule is Cc1sc2nnc(C3CCNCC3)n2c1C. The van der Waals surface area contributed by atoms with E-state index in [1.54, 1.807) is 11.3 Å². The standard InChI is InChI=1S/C11H16N4S/c1-7-8(2)16-11-14-13-10(15(7)11)9-3-5-12-6-4-9/h9,12H,3-6H2,1-2H3. The van der Waals surface area contributed by atoms with E-state index in [1.165, 1.54) is 29.2 Å². The van der Waals surface area contributed by atoms with Gasteiger partial charge in [0, 0.05) is 16.5 Å². The zero-order chi connectivity index (χ0) is 11.1. The van der Waals surface area contributed by atoms with Gasteiger partial charge >= 0.3 is 0 Å². The molecule has 16 heavy (non-hydrogen) atoms. The average Bonchev–Trinajstić information content (AvgIpc) is 2.83. The molecule has 0 radical (unpaired) electrons. The number of thiazole rings is 1. The molecule has 0 atom stereocenters. The largest absolute Gasteiger partial charge is 0.317 e. The van der Waals surface area contributed by atoms with Gasteiger partial charge in [0.1, 0.15) is 5.82 Å². The fraction of sp³-hybridized carbons (Fsp3) is 0.636. The lowest BCUT2D eigenvalue weighted by molar-refractivity contribution is 0.442. The van der Waals surface area contributed by atoms with E-state index in [9.17, 15) is 0 Å². The third-order valence-electron chi connectivity index (χ3n) is 3.45. The van der Waals surface area contributed by atoms with Crippen LogP contribution in [0.3, 0.4) is 0 Å². The van der Waals surface area contributed by atoms with Crippen molar-refractivity contribution in [2.75, 3.05) is 13.1 Å². The maximum atomic E-state index is 4.38. The first kappa shape index (κ1) is 10.2. The van der Waals surface area contributed by atoms with Crippen LogP contribution in [-0.2, 0) is 0 Å². The molecule has 1 saturated heterocycles. The van der Waals surface area contributed by atoms with Gasteiger partial charge in [-0.3, -0.25) is 4.40 Å². The number of aromatic nitrogens is 3. The molecule has 86 valence electrons. The van der Waals surface area contributed by atoms with Gasteiger partial charge in [-0.2, -0.15) is 0 Å². The third-order valence-corrected chi connectivity index (χ3v) is 4.50. The minimum absolute atomic E-state index is 0.573. The lowest BCUT2D eigenvalue weighted by atomic mass is 9.97. The van der Waals surface area contributed by atoms with Crippen LogP contribution < -0.4 is 5.32 Å². The van der Waals surface area contributed by atoms with E-state index in [2.05, 4.69) is 33.8 Å². The Kier molecular flexibility index (Phi) is 2.44. The van der Waals surface area contributed by atoms with Gasteiger partial charge in [-0.1, -0.05) is 11.3 Å². The van der Waals surface area contributed by atoms with Crippen molar-refractivity contribution in [2.45, 2.75) is 32.6 Å². The quantitative estimate of drug-likeness (QED) is 0.822. The predicted octanol–water partition coefficient (Wildman–Crippen LogP) is 1.87. The molecule has 1 N–H and O–H groups in total. The predicted molar refractivity (Wildman–Crippen MR) is 65.2 cm³/mol. The van der Waals surface area contributed by atoms with Gasteiger partial charge in [-0.15, -0.1) is 10.2 Å². The van der Waals surface area contributed by atoms with E-state index < -0.39 is 0 Å². The van der Waals surface area contributed by atoms with Crippen LogP contribution in [-0.4, -0.2) is 27.7 Å². The number of aryl methyl sites for hydroxylation is 2. The van der Waals surface area contributed by atoms with Crippen LogP contribution >= 0.6 is 11.3 Å². The highest BCUT2D eigenvalue weighted by molar-refractivity contribution is 7.17. The second-order valence-electron chi connectivity index (χ2n) is 4.44. The number of hydrogen-bond acceptors (Lipinski definition) is 4. The molecule has 0 aliphatic carbocycles. The Bertz CT molecular complexity index is 507. The van der Waals surface area contributed by atoms with Crippen LogP contribution in [0, 0.1) is 13.8 Å². The normalized spacial score (nSPS) is 18.4. The summed E-state index contributed by atoms with van der Waals surface area (Å²) in [5.41, 5.74) is 1.30. The summed E-state index contributed by atoms with van der Waals surface area (Å²) in [5, 5.41) is 12.1. The highest BCUT2D eigenvalue weighted by atomic mass is 32.1. The molecule has 2 aromatic heterocycles. The molecule has 0 amide bonds. The first-order valence-electron chi connectivity index (χ1n) is 5.79. The fourth-order valence-electron chi connectivity index (χ4n) is 2.38. The smallest absolute Gasteiger partial charge is 0.216 e. The maximum absolute atomic E-state index is 4.38. The lowest BCUT2D eigenvalue weighted by Gasteiger charge is -2.20. The van der Waals surface area contributed by atoms with Gasteiger partial charge in [-0.05, 0) is 39.8 Å². The maximum Gasteiger partial charge on any atom is 0.216 e. The fourth-order valence-corrected chi connectivity index (χ4v) is 3.29. The summed E-state index contributed by atoms with van der Waals surface area (Å²) in [6.07, 6.45) is 2.35. The highest BCUT2D eigenvalue weighted by Gasteiger charge is 2.22. The Morgan fingerprint density at radius 3 is 2.75 bits per heavy atom. The molecular weight excluding hydrogens is 220 g/mol. The van der Waals surface area contributed by atoms with Gasteiger partial charge in [0.05, 0.1) is 0 Å². The molecule has 4 nitrogen and oxygen atoms in total. The molecule has 1 fully saturated rings. The first-order chi connectivity index (χ1) is 7.77. The van der Waals surface area contributed by atoms with Crippen molar-refractivity contribution in [1.82, 2.24) is 19.9 Å². The number of nitrogens with one attached hydrogen (secondary N) is 1. The minimum Gasteiger partial charge on any atom is -0.317 e. The average molecular weight is 236 g/mol. The van der Waals surface area contributed by atoms with Gasteiger partial charge in [0.15, 0.2) is 0 Å². The molecule has 3 rings (SSSR count). The van der Waals surface area contributed by atoms with Crippen molar-refractivity contribution in [1.29, 1.82) is 0 Å². The molecular formula is C11H16N4S. The molecule has 0 spiro atoms. The summed E-state index contributed by atoms with van der Waals surface area (Å²) in [7, 11) is 0. The molecule has 5 heteroatoms. The van der Waals surface area contributed by atoms with Crippen molar-refractivity contribution in [3.05, 3.63) is 16.4 Å². The van der Waals surface area contributed by atoms with E-state index in [0.717, 1.165) is 18.1 Å².